The zero-order chi connectivity index (χ0) is 17.4. The number of para-hydroxylation sites is 1. The van der Waals surface area contributed by atoms with Crippen LogP contribution in [0, 0.1) is 5.92 Å². The van der Waals surface area contributed by atoms with Crippen LogP contribution in [-0.4, -0.2) is 40.7 Å². The Balaban J connectivity index is 1.43. The van der Waals surface area contributed by atoms with Crippen molar-refractivity contribution in [3.63, 3.8) is 0 Å². The van der Waals surface area contributed by atoms with E-state index in [0.717, 1.165) is 0 Å². The van der Waals surface area contributed by atoms with Crippen LogP contribution >= 0.6 is 0 Å². The molecule has 9 heteroatoms. The van der Waals surface area contributed by atoms with Gasteiger partial charge < -0.3 is 4.52 Å². The molecule has 130 valence electrons. The monoisotopic (exact) mass is 360 g/mol. The van der Waals surface area contributed by atoms with Crippen molar-refractivity contribution in [1.82, 2.24) is 19.2 Å². The highest BCUT2D eigenvalue weighted by Gasteiger charge is 2.36. The van der Waals surface area contributed by atoms with Crippen molar-refractivity contribution < 1.29 is 12.9 Å². The summed E-state index contributed by atoms with van der Waals surface area (Å²) in [7, 11) is -3.47. The lowest BCUT2D eigenvalue weighted by Gasteiger charge is -2.37. The highest BCUT2D eigenvalue weighted by molar-refractivity contribution is 7.88. The summed E-state index contributed by atoms with van der Waals surface area (Å²) in [4.78, 5) is 11.7. The molecule has 1 saturated heterocycles. The Bertz CT molecular complexity index is 1070. The van der Waals surface area contributed by atoms with Crippen LogP contribution in [0.15, 0.2) is 51.9 Å². The standard InChI is InChI=1S/C16H16N4O4S/c21-16-6-3-7-17-20(16)10-12-8-19(9-12)25(22,23)11-14-13-4-1-2-5-15(13)24-18-14/h1-7,12H,8-11H2. The zero-order valence-electron chi connectivity index (χ0n) is 13.3. The topological polar surface area (TPSA) is 98.3 Å². The van der Waals surface area contributed by atoms with E-state index in [9.17, 15) is 13.2 Å². The molecule has 1 fully saturated rings. The number of hydrogen-bond acceptors (Lipinski definition) is 6. The van der Waals surface area contributed by atoms with Crippen LogP contribution in [0.2, 0.25) is 0 Å². The Hall–Kier alpha value is -2.52. The molecule has 1 aromatic carbocycles. The normalized spacial score (nSPS) is 16.2. The van der Waals surface area contributed by atoms with Gasteiger partial charge in [0.05, 0.1) is 6.54 Å². The number of aromatic nitrogens is 3. The molecule has 2 aromatic heterocycles. The van der Waals surface area contributed by atoms with Crippen LogP contribution in [0.25, 0.3) is 11.0 Å². The van der Waals surface area contributed by atoms with Crippen LogP contribution in [0.3, 0.4) is 0 Å². The van der Waals surface area contributed by atoms with Gasteiger partial charge in [0.1, 0.15) is 11.4 Å². The van der Waals surface area contributed by atoms with E-state index in [-0.39, 0.29) is 17.2 Å². The Morgan fingerprint density at radius 3 is 2.76 bits per heavy atom. The van der Waals surface area contributed by atoms with E-state index in [2.05, 4.69) is 10.3 Å². The third-order valence-corrected chi connectivity index (χ3v) is 6.03. The molecule has 0 N–H and O–H groups in total. The molecule has 0 aliphatic carbocycles. The van der Waals surface area contributed by atoms with Crippen molar-refractivity contribution in [2.24, 2.45) is 5.92 Å². The average molecular weight is 360 g/mol. The van der Waals surface area contributed by atoms with Crippen molar-refractivity contribution in [2.75, 3.05) is 13.1 Å². The van der Waals surface area contributed by atoms with Crippen LogP contribution < -0.4 is 5.56 Å². The first-order valence-electron chi connectivity index (χ1n) is 7.86. The van der Waals surface area contributed by atoms with Crippen molar-refractivity contribution in [1.29, 1.82) is 0 Å². The predicted molar refractivity (Wildman–Crippen MR) is 90.2 cm³/mol. The number of hydrogen-bond donors (Lipinski definition) is 0. The van der Waals surface area contributed by atoms with Gasteiger partial charge in [-0.05, 0) is 18.2 Å². The maximum atomic E-state index is 12.5. The maximum absolute atomic E-state index is 12.5. The smallest absolute Gasteiger partial charge is 0.266 e. The Kier molecular flexibility index (Phi) is 3.89. The van der Waals surface area contributed by atoms with Crippen LogP contribution in [0.1, 0.15) is 5.69 Å². The van der Waals surface area contributed by atoms with Crippen molar-refractivity contribution in [3.8, 4) is 0 Å². The van der Waals surface area contributed by atoms with Gasteiger partial charge in [-0.3, -0.25) is 4.79 Å². The first-order chi connectivity index (χ1) is 12.0. The molecule has 0 atom stereocenters. The van der Waals surface area contributed by atoms with Crippen LogP contribution in [-0.2, 0) is 22.3 Å². The Morgan fingerprint density at radius 2 is 1.96 bits per heavy atom. The van der Waals surface area contributed by atoms with Gasteiger partial charge in [-0.25, -0.2) is 17.4 Å². The molecular formula is C16H16N4O4S. The van der Waals surface area contributed by atoms with Gasteiger partial charge in [0.25, 0.3) is 5.56 Å². The van der Waals surface area contributed by atoms with E-state index in [1.54, 1.807) is 24.4 Å². The number of nitrogens with zero attached hydrogens (tertiary/aromatic N) is 4. The summed E-state index contributed by atoms with van der Waals surface area (Å²) in [5.74, 6) is -0.114. The molecule has 0 unspecified atom stereocenters. The fraction of sp³-hybridized carbons (Fsp3) is 0.312. The largest absolute Gasteiger partial charge is 0.356 e. The molecule has 1 aliphatic rings. The second kappa shape index (κ2) is 6.08. The first-order valence-corrected chi connectivity index (χ1v) is 9.47. The minimum Gasteiger partial charge on any atom is -0.356 e. The maximum Gasteiger partial charge on any atom is 0.266 e. The Morgan fingerprint density at radius 1 is 1.16 bits per heavy atom. The van der Waals surface area contributed by atoms with Crippen LogP contribution in [0.5, 0.6) is 0 Å². The second-order valence-corrected chi connectivity index (χ2v) is 8.08. The third kappa shape index (κ3) is 3.08. The molecule has 0 bridgehead atoms. The van der Waals surface area contributed by atoms with Gasteiger partial charge in [0, 0.05) is 36.7 Å². The summed E-state index contributed by atoms with van der Waals surface area (Å²) in [6.07, 6.45) is 1.55. The average Bonchev–Trinajstić information content (AvgIpc) is 2.94. The number of fused-ring (bicyclic) bond motifs is 1. The summed E-state index contributed by atoms with van der Waals surface area (Å²) < 4.78 is 33.0. The predicted octanol–water partition coefficient (Wildman–Crippen LogP) is 0.846. The summed E-state index contributed by atoms with van der Waals surface area (Å²) in [5.41, 5.74) is 0.807. The fourth-order valence-corrected chi connectivity index (χ4v) is 4.55. The summed E-state index contributed by atoms with van der Waals surface area (Å²) >= 11 is 0. The van der Waals surface area contributed by atoms with Gasteiger partial charge in [-0.1, -0.05) is 17.3 Å². The van der Waals surface area contributed by atoms with Crippen LogP contribution in [0.4, 0.5) is 0 Å². The molecule has 25 heavy (non-hydrogen) atoms. The van der Waals surface area contributed by atoms with Gasteiger partial charge in [-0.15, -0.1) is 0 Å². The highest BCUT2D eigenvalue weighted by atomic mass is 32.2. The molecule has 3 heterocycles. The minimum absolute atomic E-state index is 0.0800. The molecule has 3 aromatic rings. The summed E-state index contributed by atoms with van der Waals surface area (Å²) in [6.45, 7) is 1.17. The molecule has 4 rings (SSSR count). The van der Waals surface area contributed by atoms with E-state index in [1.807, 2.05) is 12.1 Å². The van der Waals surface area contributed by atoms with E-state index >= 15 is 0 Å². The lowest BCUT2D eigenvalue weighted by Crippen LogP contribution is -2.52. The summed E-state index contributed by atoms with van der Waals surface area (Å²) in [5, 5.41) is 8.59. The number of benzene rings is 1. The lowest BCUT2D eigenvalue weighted by atomic mass is 10.0. The molecule has 0 amide bonds. The molecule has 1 aliphatic heterocycles. The highest BCUT2D eigenvalue weighted by Crippen LogP contribution is 2.25. The molecule has 8 nitrogen and oxygen atoms in total. The molecule has 0 spiro atoms. The summed E-state index contributed by atoms with van der Waals surface area (Å²) in [6, 6.07) is 10.2. The SMILES string of the molecule is O=c1cccnn1CC1CN(S(=O)(=O)Cc2noc3ccccc23)C1. The van der Waals surface area contributed by atoms with E-state index in [1.165, 1.54) is 15.1 Å². The van der Waals surface area contributed by atoms with Gasteiger partial charge in [-0.2, -0.15) is 5.10 Å². The van der Waals surface area contributed by atoms with Crippen molar-refractivity contribution in [2.45, 2.75) is 12.3 Å². The van der Waals surface area contributed by atoms with Gasteiger partial charge >= 0.3 is 0 Å². The number of sulfonamides is 1. The zero-order valence-corrected chi connectivity index (χ0v) is 14.1. The third-order valence-electron chi connectivity index (χ3n) is 4.30. The van der Waals surface area contributed by atoms with Gasteiger partial charge in [0.2, 0.25) is 10.0 Å². The quantitative estimate of drug-likeness (QED) is 0.669. The van der Waals surface area contributed by atoms with E-state index in [0.29, 0.717) is 36.3 Å². The van der Waals surface area contributed by atoms with Crippen molar-refractivity contribution >= 4 is 21.0 Å². The molecular weight excluding hydrogens is 344 g/mol. The first kappa shape index (κ1) is 16.0. The lowest BCUT2D eigenvalue weighted by molar-refractivity contribution is 0.172. The Labute approximate surface area is 143 Å². The fourth-order valence-electron chi connectivity index (χ4n) is 2.94. The van der Waals surface area contributed by atoms with E-state index in [4.69, 9.17) is 4.52 Å². The van der Waals surface area contributed by atoms with Gasteiger partial charge in [0.15, 0.2) is 5.58 Å². The minimum atomic E-state index is -3.47. The molecule has 0 radical (unpaired) electrons. The molecule has 0 saturated carbocycles. The van der Waals surface area contributed by atoms with E-state index < -0.39 is 10.0 Å². The van der Waals surface area contributed by atoms with Crippen molar-refractivity contribution in [3.05, 3.63) is 58.6 Å². The second-order valence-electron chi connectivity index (χ2n) is 6.11. The number of rotatable bonds is 5.